The van der Waals surface area contributed by atoms with Crippen LogP contribution in [0, 0.1) is 0 Å². The second-order valence-corrected chi connectivity index (χ2v) is 4.09. The standard InChI is InChI=1S/C11H9ClN2S/c12-10-3-1-9(2-4-10)11(15)7-14-6-5-13-8-14/h1-6,8H,7H2. The van der Waals surface area contributed by atoms with E-state index in [2.05, 4.69) is 4.98 Å². The average molecular weight is 237 g/mol. The van der Waals surface area contributed by atoms with Gasteiger partial charge in [0.2, 0.25) is 0 Å². The van der Waals surface area contributed by atoms with E-state index in [9.17, 15) is 0 Å². The van der Waals surface area contributed by atoms with Crippen molar-refractivity contribution in [3.63, 3.8) is 0 Å². The number of thiocarbonyl (C=S) groups is 1. The zero-order valence-electron chi connectivity index (χ0n) is 7.93. The van der Waals surface area contributed by atoms with Gasteiger partial charge in [0.1, 0.15) is 0 Å². The lowest BCUT2D eigenvalue weighted by Crippen LogP contribution is -2.07. The van der Waals surface area contributed by atoms with E-state index in [0.29, 0.717) is 6.54 Å². The third-order valence-electron chi connectivity index (χ3n) is 2.05. The number of rotatable bonds is 3. The van der Waals surface area contributed by atoms with Crippen molar-refractivity contribution in [1.29, 1.82) is 0 Å². The summed E-state index contributed by atoms with van der Waals surface area (Å²) in [7, 11) is 0. The van der Waals surface area contributed by atoms with Gasteiger partial charge in [0.25, 0.3) is 0 Å². The first-order valence-corrected chi connectivity index (χ1v) is 5.29. The number of nitrogens with zero attached hydrogens (tertiary/aromatic N) is 2. The molecule has 0 saturated heterocycles. The van der Waals surface area contributed by atoms with Crippen LogP contribution < -0.4 is 0 Å². The Bertz CT molecular complexity index is 448. The van der Waals surface area contributed by atoms with Gasteiger partial charge in [-0.05, 0) is 17.7 Å². The van der Waals surface area contributed by atoms with Gasteiger partial charge in [-0.1, -0.05) is 36.0 Å². The summed E-state index contributed by atoms with van der Waals surface area (Å²) >= 11 is 11.1. The molecule has 76 valence electrons. The fraction of sp³-hybridized carbons (Fsp3) is 0.0909. The maximum Gasteiger partial charge on any atom is 0.0949 e. The molecule has 2 rings (SSSR count). The largest absolute Gasteiger partial charge is 0.332 e. The van der Waals surface area contributed by atoms with Gasteiger partial charge in [-0.15, -0.1) is 0 Å². The van der Waals surface area contributed by atoms with Gasteiger partial charge in [-0.2, -0.15) is 0 Å². The molecule has 0 fully saturated rings. The summed E-state index contributed by atoms with van der Waals surface area (Å²) in [6.07, 6.45) is 5.38. The molecule has 0 bridgehead atoms. The van der Waals surface area contributed by atoms with Crippen molar-refractivity contribution in [2.75, 3.05) is 0 Å². The zero-order chi connectivity index (χ0) is 10.7. The van der Waals surface area contributed by atoms with E-state index >= 15 is 0 Å². The maximum absolute atomic E-state index is 5.80. The fourth-order valence-corrected chi connectivity index (χ4v) is 1.68. The third-order valence-corrected chi connectivity index (χ3v) is 2.67. The summed E-state index contributed by atoms with van der Waals surface area (Å²) in [6, 6.07) is 7.55. The summed E-state index contributed by atoms with van der Waals surface area (Å²) in [6.45, 7) is 0.678. The van der Waals surface area contributed by atoms with Crippen LogP contribution in [0.4, 0.5) is 0 Å². The first-order valence-electron chi connectivity index (χ1n) is 4.50. The minimum atomic E-state index is 0.678. The van der Waals surface area contributed by atoms with Crippen molar-refractivity contribution >= 4 is 28.7 Å². The molecule has 4 heteroatoms. The molecule has 0 aliphatic heterocycles. The monoisotopic (exact) mass is 236 g/mol. The number of aromatic nitrogens is 2. The Morgan fingerprint density at radius 1 is 1.33 bits per heavy atom. The Kier molecular flexibility index (Phi) is 3.14. The molecule has 0 atom stereocenters. The average Bonchev–Trinajstić information content (AvgIpc) is 2.71. The van der Waals surface area contributed by atoms with E-state index in [-0.39, 0.29) is 0 Å². The normalized spacial score (nSPS) is 10.2. The molecule has 0 radical (unpaired) electrons. The smallest absolute Gasteiger partial charge is 0.0949 e. The summed E-state index contributed by atoms with van der Waals surface area (Å²) < 4.78 is 1.94. The highest BCUT2D eigenvalue weighted by Gasteiger charge is 2.01. The second kappa shape index (κ2) is 4.55. The molecular weight excluding hydrogens is 228 g/mol. The van der Waals surface area contributed by atoms with Crippen LogP contribution in [0.15, 0.2) is 43.0 Å². The summed E-state index contributed by atoms with van der Waals surface area (Å²) in [5, 5.41) is 0.726. The second-order valence-electron chi connectivity index (χ2n) is 3.17. The number of hydrogen-bond donors (Lipinski definition) is 0. The molecule has 15 heavy (non-hydrogen) atoms. The Morgan fingerprint density at radius 3 is 2.67 bits per heavy atom. The molecule has 2 nitrogen and oxygen atoms in total. The molecule has 1 heterocycles. The topological polar surface area (TPSA) is 17.8 Å². The van der Waals surface area contributed by atoms with Crippen molar-refractivity contribution in [3.8, 4) is 0 Å². The maximum atomic E-state index is 5.80. The van der Waals surface area contributed by atoms with Crippen LogP contribution in [0.3, 0.4) is 0 Å². The summed E-state index contributed by atoms with van der Waals surface area (Å²) in [4.78, 5) is 4.84. The molecular formula is C11H9ClN2S. The van der Waals surface area contributed by atoms with Crippen LogP contribution in [-0.2, 0) is 6.54 Å². The molecule has 0 aliphatic carbocycles. The third kappa shape index (κ3) is 2.64. The first kappa shape index (κ1) is 10.3. The lowest BCUT2D eigenvalue weighted by molar-refractivity contribution is 0.859. The van der Waals surface area contributed by atoms with E-state index in [1.165, 1.54) is 0 Å². The van der Waals surface area contributed by atoms with E-state index in [1.54, 1.807) is 12.5 Å². The number of hydrogen-bond acceptors (Lipinski definition) is 2. The number of benzene rings is 1. The van der Waals surface area contributed by atoms with Crippen molar-refractivity contribution < 1.29 is 0 Å². The Labute approximate surface area is 98.5 Å². The van der Waals surface area contributed by atoms with Crippen molar-refractivity contribution in [2.24, 2.45) is 0 Å². The molecule has 1 aromatic carbocycles. The van der Waals surface area contributed by atoms with Crippen molar-refractivity contribution in [1.82, 2.24) is 9.55 Å². The Morgan fingerprint density at radius 2 is 2.07 bits per heavy atom. The minimum Gasteiger partial charge on any atom is -0.332 e. The van der Waals surface area contributed by atoms with Gasteiger partial charge >= 0.3 is 0 Å². The van der Waals surface area contributed by atoms with Crippen molar-refractivity contribution in [2.45, 2.75) is 6.54 Å². The predicted octanol–water partition coefficient (Wildman–Crippen LogP) is 2.95. The van der Waals surface area contributed by atoms with Gasteiger partial charge in [0.05, 0.1) is 12.9 Å². The molecule has 2 aromatic rings. The molecule has 0 unspecified atom stereocenters. The van der Waals surface area contributed by atoms with Gasteiger partial charge < -0.3 is 4.57 Å². The van der Waals surface area contributed by atoms with Crippen LogP contribution in [0.2, 0.25) is 5.02 Å². The van der Waals surface area contributed by atoms with Crippen LogP contribution >= 0.6 is 23.8 Å². The molecule has 1 aromatic heterocycles. The van der Waals surface area contributed by atoms with Gasteiger partial charge in [0, 0.05) is 22.3 Å². The number of halogens is 1. The lowest BCUT2D eigenvalue weighted by atomic mass is 10.1. The molecule has 0 N–H and O–H groups in total. The molecule has 0 saturated carbocycles. The first-order chi connectivity index (χ1) is 7.25. The van der Waals surface area contributed by atoms with Gasteiger partial charge in [-0.3, -0.25) is 0 Å². The highest BCUT2D eigenvalue weighted by molar-refractivity contribution is 7.80. The van der Waals surface area contributed by atoms with Gasteiger partial charge in [-0.25, -0.2) is 4.98 Å². The molecule has 0 spiro atoms. The minimum absolute atomic E-state index is 0.678. The van der Waals surface area contributed by atoms with Crippen molar-refractivity contribution in [3.05, 3.63) is 53.6 Å². The Hall–Kier alpha value is -1.19. The predicted molar refractivity (Wildman–Crippen MR) is 65.4 cm³/mol. The Balaban J connectivity index is 2.11. The van der Waals surface area contributed by atoms with Crippen LogP contribution in [0.5, 0.6) is 0 Å². The van der Waals surface area contributed by atoms with Crippen LogP contribution in [0.25, 0.3) is 0 Å². The lowest BCUT2D eigenvalue weighted by Gasteiger charge is -2.04. The van der Waals surface area contributed by atoms with Gasteiger partial charge in [0.15, 0.2) is 0 Å². The number of imidazole rings is 1. The van der Waals surface area contributed by atoms with E-state index < -0.39 is 0 Å². The highest BCUT2D eigenvalue weighted by Crippen LogP contribution is 2.11. The zero-order valence-corrected chi connectivity index (χ0v) is 9.50. The van der Waals surface area contributed by atoms with Crippen LogP contribution in [0.1, 0.15) is 5.56 Å². The summed E-state index contributed by atoms with van der Waals surface area (Å²) in [5.74, 6) is 0. The molecule has 0 amide bonds. The summed E-state index contributed by atoms with van der Waals surface area (Å²) in [5.41, 5.74) is 1.03. The quantitative estimate of drug-likeness (QED) is 0.602. The highest BCUT2D eigenvalue weighted by atomic mass is 35.5. The van der Waals surface area contributed by atoms with Crippen LogP contribution in [-0.4, -0.2) is 14.4 Å². The van der Waals surface area contributed by atoms with E-state index in [0.717, 1.165) is 15.5 Å². The SMILES string of the molecule is S=C(Cn1ccnc1)c1ccc(Cl)cc1. The fourth-order valence-electron chi connectivity index (χ4n) is 1.27. The molecule has 0 aliphatic rings. The van der Waals surface area contributed by atoms with E-state index in [4.69, 9.17) is 23.8 Å². The van der Waals surface area contributed by atoms with E-state index in [1.807, 2.05) is 35.0 Å².